The highest BCUT2D eigenvalue weighted by Crippen LogP contribution is 2.43. The van der Waals surface area contributed by atoms with Gasteiger partial charge in [0, 0.05) is 12.8 Å². The van der Waals surface area contributed by atoms with E-state index in [0.717, 1.165) is 77.0 Å². The minimum atomic E-state index is -4.81. The summed E-state index contributed by atoms with van der Waals surface area (Å²) in [6.07, 6.45) is 62.9. The number of aliphatic hydroxyl groups excluding tert-OH is 1. The van der Waals surface area contributed by atoms with E-state index >= 15 is 0 Å². The summed E-state index contributed by atoms with van der Waals surface area (Å²) in [4.78, 5) is 48.1. The lowest BCUT2D eigenvalue weighted by Crippen LogP contribution is -2.30. The molecule has 0 saturated heterocycles. The maximum absolute atomic E-state index is 12.8. The van der Waals surface area contributed by atoms with Gasteiger partial charge in [0.05, 0.1) is 26.2 Å². The summed E-state index contributed by atoms with van der Waals surface area (Å²) in [7, 11) is -4.81. The zero-order chi connectivity index (χ0) is 49.9. The number of phosphoric ester groups is 1. The number of aliphatic hydroxyl groups is 1. The molecule has 0 bridgehead atoms. The highest BCUT2D eigenvalue weighted by Gasteiger charge is 2.28. The van der Waals surface area contributed by atoms with Gasteiger partial charge in [0.15, 0.2) is 6.10 Å². The molecule has 12 heteroatoms. The first-order chi connectivity index (χ1) is 33.2. The first-order valence-electron chi connectivity index (χ1n) is 24.4. The Morgan fingerprint density at radius 1 is 0.412 bits per heavy atom. The topological polar surface area (TPSA) is 155 Å². The van der Waals surface area contributed by atoms with Crippen LogP contribution in [0.3, 0.4) is 0 Å². The lowest BCUT2D eigenvalue weighted by molar-refractivity contribution is -0.160. The highest BCUT2D eigenvalue weighted by molar-refractivity contribution is 7.47. The van der Waals surface area contributed by atoms with Crippen molar-refractivity contribution in [3.63, 3.8) is 0 Å². The maximum Gasteiger partial charge on any atom is 0.472 e. The number of carbonyl (C=O) groups is 3. The fourth-order valence-corrected chi connectivity index (χ4v) is 6.18. The molecule has 0 aliphatic heterocycles. The van der Waals surface area contributed by atoms with E-state index in [1.54, 1.807) is 6.08 Å². The van der Waals surface area contributed by atoms with Gasteiger partial charge in [-0.1, -0.05) is 179 Å². The number of allylic oxidation sites excluding steroid dienone is 25. The second-order valence-corrected chi connectivity index (χ2v) is 16.6. The standard InChI is InChI=1S/C56H83O11P/c1-4-7-10-13-16-19-22-25-26-29-32-35-38-41-44-47-56(60)67-53(49-63-54(58)45-42-39-36-33-30-27-23-20-17-14-11-8-5-2)51-65-68(61,62)64-50-52(48-57)66-55(59)46-43-40-37-34-31-28-24-21-18-15-12-9-6-3/h7-12,16-21,25-28,30-32,35-37,39-41,44,52-53,57H,4-6,13-15,22-24,29,33-34,38,42-43,45-51H2,1-3H3,(H,61,62)/b10-7-,11-8-,12-9-,19-16-,20-17-,21-18-,26-25-,30-27-,31-28-,35-32-,39-36-,40-37-,44-41-. The zero-order valence-electron chi connectivity index (χ0n) is 41.2. The molecule has 0 aromatic carbocycles. The van der Waals surface area contributed by atoms with E-state index in [-0.39, 0.29) is 19.3 Å². The zero-order valence-corrected chi connectivity index (χ0v) is 42.1. The smallest absolute Gasteiger partial charge is 0.462 e. The molecule has 2 N–H and O–H groups in total. The monoisotopic (exact) mass is 963 g/mol. The van der Waals surface area contributed by atoms with Gasteiger partial charge in [0.25, 0.3) is 0 Å². The van der Waals surface area contributed by atoms with Crippen molar-refractivity contribution in [3.05, 3.63) is 158 Å². The van der Waals surface area contributed by atoms with Gasteiger partial charge in [0.1, 0.15) is 12.7 Å². The average Bonchev–Trinajstić information content (AvgIpc) is 3.32. The molecule has 3 atom stereocenters. The van der Waals surface area contributed by atoms with E-state index in [1.165, 1.54) is 0 Å². The number of phosphoric acid groups is 1. The Morgan fingerprint density at radius 3 is 1.09 bits per heavy atom. The van der Waals surface area contributed by atoms with Crippen LogP contribution in [0.2, 0.25) is 0 Å². The molecule has 0 fully saturated rings. The highest BCUT2D eigenvalue weighted by atomic mass is 31.2. The third-order valence-corrected chi connectivity index (χ3v) is 9.94. The molecule has 0 rings (SSSR count). The predicted molar refractivity (Wildman–Crippen MR) is 278 cm³/mol. The molecular formula is C56H83O11P. The van der Waals surface area contributed by atoms with Crippen LogP contribution in [-0.2, 0) is 42.2 Å². The number of carbonyl (C=O) groups excluding carboxylic acids is 3. The first-order valence-corrected chi connectivity index (χ1v) is 25.9. The molecule has 0 aromatic heterocycles. The van der Waals surface area contributed by atoms with Crippen LogP contribution in [0.4, 0.5) is 0 Å². The van der Waals surface area contributed by atoms with Crippen LogP contribution >= 0.6 is 7.82 Å². The van der Waals surface area contributed by atoms with Crippen molar-refractivity contribution in [1.82, 2.24) is 0 Å². The van der Waals surface area contributed by atoms with E-state index in [0.29, 0.717) is 19.3 Å². The SMILES string of the molecule is CC/C=C\C/C=C\C/C=C\C/C=C\C/C=C\CC(=O)OC(COC(=O)CC/C=C\C/C=C\C/C=C\C/C=C\CC)COP(=O)(O)OCC(CO)OC(=O)CC/C=C\C/C=C\C/C=C\C/C=C\CC. The lowest BCUT2D eigenvalue weighted by Gasteiger charge is -2.21. The van der Waals surface area contributed by atoms with Gasteiger partial charge in [-0.05, 0) is 96.3 Å². The average molecular weight is 963 g/mol. The predicted octanol–water partition coefficient (Wildman–Crippen LogP) is 13.8. The minimum absolute atomic E-state index is 0.0346. The van der Waals surface area contributed by atoms with Crippen molar-refractivity contribution in [2.75, 3.05) is 26.4 Å². The van der Waals surface area contributed by atoms with Crippen LogP contribution in [0.5, 0.6) is 0 Å². The number of hydrogen-bond donors (Lipinski definition) is 2. The lowest BCUT2D eigenvalue weighted by atomic mass is 10.2. The van der Waals surface area contributed by atoms with Crippen LogP contribution in [-0.4, -0.2) is 66.5 Å². The number of ether oxygens (including phenoxy) is 3. The molecule has 0 aromatic rings. The van der Waals surface area contributed by atoms with Crippen LogP contribution in [0.1, 0.15) is 136 Å². The Labute approximate surface area is 409 Å². The largest absolute Gasteiger partial charge is 0.472 e. The van der Waals surface area contributed by atoms with Crippen molar-refractivity contribution in [3.8, 4) is 0 Å². The Balaban J connectivity index is 5.06. The Hall–Kier alpha value is -4.90. The molecule has 3 unspecified atom stereocenters. The minimum Gasteiger partial charge on any atom is -0.462 e. The van der Waals surface area contributed by atoms with Crippen LogP contribution in [0.15, 0.2) is 158 Å². The van der Waals surface area contributed by atoms with Gasteiger partial charge >= 0.3 is 25.7 Å². The summed E-state index contributed by atoms with van der Waals surface area (Å²) in [5.74, 6) is -1.83. The number of rotatable bonds is 42. The van der Waals surface area contributed by atoms with Gasteiger partial charge in [-0.3, -0.25) is 23.4 Å². The van der Waals surface area contributed by atoms with E-state index in [1.807, 2.05) is 48.6 Å². The molecular weight excluding hydrogens is 880 g/mol. The second-order valence-electron chi connectivity index (χ2n) is 15.1. The van der Waals surface area contributed by atoms with E-state index in [9.17, 15) is 28.9 Å². The second kappa shape index (κ2) is 48.6. The molecule has 0 radical (unpaired) electrons. The van der Waals surface area contributed by atoms with Gasteiger partial charge in [-0.15, -0.1) is 0 Å². The summed E-state index contributed by atoms with van der Waals surface area (Å²) in [5.41, 5.74) is 0. The van der Waals surface area contributed by atoms with Crippen molar-refractivity contribution in [2.24, 2.45) is 0 Å². The molecule has 68 heavy (non-hydrogen) atoms. The summed E-state index contributed by atoms with van der Waals surface area (Å²) in [6.45, 7) is 3.95. The Kier molecular flexibility index (Phi) is 45.1. The van der Waals surface area contributed by atoms with Gasteiger partial charge in [-0.2, -0.15) is 0 Å². The summed E-state index contributed by atoms with van der Waals surface area (Å²) < 4.78 is 39.0. The quantitative estimate of drug-likeness (QED) is 0.0260. The van der Waals surface area contributed by atoms with Crippen molar-refractivity contribution < 1.29 is 52.2 Å². The third kappa shape index (κ3) is 46.2. The fourth-order valence-electron chi connectivity index (χ4n) is 5.40. The molecule has 0 heterocycles. The summed E-state index contributed by atoms with van der Waals surface area (Å²) in [6, 6.07) is 0. The van der Waals surface area contributed by atoms with E-state index in [2.05, 4.69) is 124 Å². The van der Waals surface area contributed by atoms with E-state index in [4.69, 9.17) is 23.3 Å². The molecule has 0 aliphatic carbocycles. The van der Waals surface area contributed by atoms with Gasteiger partial charge in [-0.25, -0.2) is 4.57 Å². The van der Waals surface area contributed by atoms with Gasteiger partial charge in [0.2, 0.25) is 0 Å². The number of esters is 3. The molecule has 0 spiro atoms. The van der Waals surface area contributed by atoms with Crippen LogP contribution in [0, 0.1) is 0 Å². The number of hydrogen-bond acceptors (Lipinski definition) is 10. The van der Waals surface area contributed by atoms with Crippen molar-refractivity contribution >= 4 is 25.7 Å². The first kappa shape index (κ1) is 63.1. The Bertz CT molecular complexity index is 1740. The fraction of sp³-hybridized carbons (Fsp3) is 0.482. The Morgan fingerprint density at radius 2 is 0.721 bits per heavy atom. The molecule has 0 amide bonds. The molecule has 0 aliphatic rings. The van der Waals surface area contributed by atoms with Crippen molar-refractivity contribution in [1.29, 1.82) is 0 Å². The van der Waals surface area contributed by atoms with Gasteiger partial charge < -0.3 is 24.2 Å². The van der Waals surface area contributed by atoms with Crippen LogP contribution < -0.4 is 0 Å². The normalized spacial score (nSPS) is 14.8. The van der Waals surface area contributed by atoms with Crippen molar-refractivity contribution in [2.45, 2.75) is 149 Å². The summed E-state index contributed by atoms with van der Waals surface area (Å²) in [5, 5.41) is 9.74. The van der Waals surface area contributed by atoms with E-state index < -0.39 is 64.4 Å². The molecule has 11 nitrogen and oxygen atoms in total. The molecule has 378 valence electrons. The maximum atomic E-state index is 12.8. The third-order valence-electron chi connectivity index (χ3n) is 8.99. The summed E-state index contributed by atoms with van der Waals surface area (Å²) >= 11 is 0. The van der Waals surface area contributed by atoms with Crippen LogP contribution in [0.25, 0.3) is 0 Å². The molecule has 0 saturated carbocycles.